The van der Waals surface area contributed by atoms with Crippen LogP contribution in [0.15, 0.2) is 0 Å². The van der Waals surface area contributed by atoms with Crippen LogP contribution in [-0.2, 0) is 14.4 Å². The van der Waals surface area contributed by atoms with Crippen molar-refractivity contribution in [1.29, 1.82) is 0 Å². The van der Waals surface area contributed by atoms with Gasteiger partial charge in [-0.25, -0.2) is 4.79 Å². The molecule has 0 radical (unpaired) electrons. The van der Waals surface area contributed by atoms with Crippen LogP contribution in [0.1, 0.15) is 39.0 Å². The highest BCUT2D eigenvalue weighted by Crippen LogP contribution is 2.09. The van der Waals surface area contributed by atoms with E-state index < -0.39 is 12.1 Å². The van der Waals surface area contributed by atoms with Crippen molar-refractivity contribution in [1.82, 2.24) is 21.3 Å². The minimum Gasteiger partial charge on any atom is -0.465 e. The molecule has 1 unspecified atom stereocenters. The van der Waals surface area contributed by atoms with Crippen LogP contribution in [-0.4, -0.2) is 55.6 Å². The molecule has 9 nitrogen and oxygen atoms in total. The van der Waals surface area contributed by atoms with E-state index in [1.807, 2.05) is 0 Å². The van der Waals surface area contributed by atoms with Crippen LogP contribution in [0.5, 0.6) is 0 Å². The Morgan fingerprint density at radius 1 is 0.958 bits per heavy atom. The van der Waals surface area contributed by atoms with Crippen molar-refractivity contribution < 1.29 is 24.3 Å². The maximum atomic E-state index is 12.2. The summed E-state index contributed by atoms with van der Waals surface area (Å²) in [5.74, 6) is -1.01. The Labute approximate surface area is 141 Å². The Kier molecular flexibility index (Phi) is 11.0. The number of carbonyl (C=O) groups is 4. The number of nitrogens with one attached hydrogen (secondary N) is 4. The van der Waals surface area contributed by atoms with Crippen LogP contribution in [0.2, 0.25) is 0 Å². The normalized spacial score (nSPS) is 11.5. The molecule has 0 saturated carbocycles. The number of carboxylic acid groups (broad SMARTS) is 1. The van der Waals surface area contributed by atoms with E-state index in [4.69, 9.17) is 5.11 Å². The third-order valence-electron chi connectivity index (χ3n) is 3.56. The Bertz CT molecular complexity index is 424. The lowest BCUT2D eigenvalue weighted by atomic mass is 10.0. The van der Waals surface area contributed by atoms with Gasteiger partial charge in [-0.05, 0) is 12.8 Å². The zero-order chi connectivity index (χ0) is 18.5. The maximum Gasteiger partial charge on any atom is 0.404 e. The zero-order valence-electron chi connectivity index (χ0n) is 14.5. The van der Waals surface area contributed by atoms with E-state index in [-0.39, 0.29) is 36.5 Å². The van der Waals surface area contributed by atoms with Gasteiger partial charge in [-0.1, -0.05) is 13.3 Å². The second-order valence-electron chi connectivity index (χ2n) is 5.59. The van der Waals surface area contributed by atoms with E-state index >= 15 is 0 Å². The van der Waals surface area contributed by atoms with Crippen molar-refractivity contribution in [2.24, 2.45) is 5.92 Å². The minimum absolute atomic E-state index is 0.0327. The molecule has 0 aromatic rings. The topological polar surface area (TPSA) is 137 Å². The lowest BCUT2D eigenvalue weighted by Gasteiger charge is -2.20. The van der Waals surface area contributed by atoms with Gasteiger partial charge in [-0.2, -0.15) is 0 Å². The van der Waals surface area contributed by atoms with Crippen molar-refractivity contribution in [3.05, 3.63) is 0 Å². The summed E-state index contributed by atoms with van der Waals surface area (Å²) in [7, 11) is 2.99. The first kappa shape index (κ1) is 21.7. The summed E-state index contributed by atoms with van der Waals surface area (Å²) in [6.07, 6.45) is 0.941. The first-order chi connectivity index (χ1) is 11.3. The first-order valence-electron chi connectivity index (χ1n) is 7.98. The van der Waals surface area contributed by atoms with Gasteiger partial charge in [0.05, 0.1) is 0 Å². The van der Waals surface area contributed by atoms with E-state index in [1.54, 1.807) is 6.92 Å². The molecule has 1 atom stereocenters. The summed E-state index contributed by atoms with van der Waals surface area (Å²) in [6.45, 7) is 2.11. The monoisotopic (exact) mass is 344 g/mol. The molecule has 0 aliphatic rings. The number of carbonyl (C=O) groups excluding carboxylic acids is 3. The smallest absolute Gasteiger partial charge is 0.404 e. The van der Waals surface area contributed by atoms with Gasteiger partial charge >= 0.3 is 6.09 Å². The second-order valence-corrected chi connectivity index (χ2v) is 5.59. The molecule has 0 rings (SSSR count). The quantitative estimate of drug-likeness (QED) is 0.331. The summed E-state index contributed by atoms with van der Waals surface area (Å²) in [6, 6.07) is -0.562. The highest BCUT2D eigenvalue weighted by atomic mass is 16.4. The lowest BCUT2D eigenvalue weighted by Crippen LogP contribution is -2.43. The van der Waals surface area contributed by atoms with Gasteiger partial charge in [0.25, 0.3) is 0 Å². The van der Waals surface area contributed by atoms with Gasteiger partial charge in [0.1, 0.15) is 0 Å². The average Bonchev–Trinajstić information content (AvgIpc) is 2.53. The van der Waals surface area contributed by atoms with E-state index in [1.165, 1.54) is 14.1 Å². The second kappa shape index (κ2) is 12.1. The standard InChI is InChI=1S/C15H28N4O5/c1-10(6-4-5-7-18-15(23)24)14(22)19-11(8-12(20)16-2)9-13(21)17-3/h10-11,18H,4-9H2,1-3H3,(H,16,20)(H,17,21)(H,19,22)(H,23,24). The van der Waals surface area contributed by atoms with E-state index in [0.717, 1.165) is 0 Å². The fourth-order valence-electron chi connectivity index (χ4n) is 2.07. The summed E-state index contributed by atoms with van der Waals surface area (Å²) in [5, 5.41) is 18.4. The van der Waals surface area contributed by atoms with Gasteiger partial charge in [0.15, 0.2) is 0 Å². The minimum atomic E-state index is -1.06. The molecule has 0 aliphatic heterocycles. The van der Waals surface area contributed by atoms with Crippen LogP contribution in [0.4, 0.5) is 4.79 Å². The van der Waals surface area contributed by atoms with Crippen LogP contribution in [0.3, 0.4) is 0 Å². The highest BCUT2D eigenvalue weighted by molar-refractivity contribution is 5.83. The van der Waals surface area contributed by atoms with Gasteiger partial charge < -0.3 is 26.4 Å². The summed E-state index contributed by atoms with van der Waals surface area (Å²) < 4.78 is 0. The van der Waals surface area contributed by atoms with Crippen molar-refractivity contribution >= 4 is 23.8 Å². The molecule has 0 heterocycles. The van der Waals surface area contributed by atoms with E-state index in [9.17, 15) is 19.2 Å². The fourth-order valence-corrected chi connectivity index (χ4v) is 2.07. The molecule has 4 amide bonds. The molecule has 5 N–H and O–H groups in total. The first-order valence-corrected chi connectivity index (χ1v) is 7.98. The highest BCUT2D eigenvalue weighted by Gasteiger charge is 2.21. The molecule has 0 saturated heterocycles. The summed E-state index contributed by atoms with van der Waals surface area (Å²) in [4.78, 5) is 45.5. The Hall–Kier alpha value is -2.32. The maximum absolute atomic E-state index is 12.2. The summed E-state index contributed by atoms with van der Waals surface area (Å²) >= 11 is 0. The SMILES string of the molecule is CNC(=O)CC(CC(=O)NC)NC(=O)C(C)CCCCNC(=O)O. The predicted molar refractivity (Wildman–Crippen MR) is 88.3 cm³/mol. The van der Waals surface area contributed by atoms with Crippen LogP contribution >= 0.6 is 0 Å². The molecule has 0 fully saturated rings. The van der Waals surface area contributed by atoms with Gasteiger partial charge in [0, 0.05) is 45.4 Å². The van der Waals surface area contributed by atoms with Crippen LogP contribution in [0, 0.1) is 5.92 Å². The molecular weight excluding hydrogens is 316 g/mol. The fraction of sp³-hybridized carbons (Fsp3) is 0.733. The molecule has 0 spiro atoms. The number of amides is 4. The van der Waals surface area contributed by atoms with Crippen LogP contribution < -0.4 is 21.3 Å². The van der Waals surface area contributed by atoms with Gasteiger partial charge in [-0.3, -0.25) is 14.4 Å². The number of rotatable bonds is 11. The van der Waals surface area contributed by atoms with Crippen molar-refractivity contribution in [2.45, 2.75) is 45.1 Å². The van der Waals surface area contributed by atoms with Crippen molar-refractivity contribution in [3.8, 4) is 0 Å². The molecular formula is C15H28N4O5. The molecule has 0 aliphatic carbocycles. The Morgan fingerprint density at radius 3 is 1.96 bits per heavy atom. The van der Waals surface area contributed by atoms with Crippen LogP contribution in [0.25, 0.3) is 0 Å². The third kappa shape index (κ3) is 10.4. The zero-order valence-corrected chi connectivity index (χ0v) is 14.5. The molecule has 0 bridgehead atoms. The Morgan fingerprint density at radius 2 is 1.50 bits per heavy atom. The predicted octanol–water partition coefficient (Wildman–Crippen LogP) is -0.183. The van der Waals surface area contributed by atoms with E-state index in [2.05, 4.69) is 21.3 Å². The molecule has 138 valence electrons. The molecule has 24 heavy (non-hydrogen) atoms. The van der Waals surface area contributed by atoms with Gasteiger partial charge in [0.2, 0.25) is 17.7 Å². The number of hydrogen-bond acceptors (Lipinski definition) is 4. The van der Waals surface area contributed by atoms with Crippen molar-refractivity contribution in [3.63, 3.8) is 0 Å². The average molecular weight is 344 g/mol. The van der Waals surface area contributed by atoms with E-state index in [0.29, 0.717) is 25.8 Å². The molecule has 0 aromatic heterocycles. The van der Waals surface area contributed by atoms with Crippen molar-refractivity contribution in [2.75, 3.05) is 20.6 Å². The number of hydrogen-bond donors (Lipinski definition) is 5. The Balaban J connectivity index is 4.33. The number of unbranched alkanes of at least 4 members (excludes halogenated alkanes) is 1. The van der Waals surface area contributed by atoms with Gasteiger partial charge in [-0.15, -0.1) is 0 Å². The largest absolute Gasteiger partial charge is 0.465 e. The molecule has 0 aromatic carbocycles. The third-order valence-corrected chi connectivity index (χ3v) is 3.56. The lowest BCUT2D eigenvalue weighted by molar-refractivity contribution is -0.127. The molecule has 9 heteroatoms. The summed E-state index contributed by atoms with van der Waals surface area (Å²) in [5.41, 5.74) is 0.